The molecule has 10 heteroatoms. The van der Waals surface area contributed by atoms with Crippen LogP contribution in [0, 0.1) is 0 Å². The molecule has 0 saturated carbocycles. The first-order chi connectivity index (χ1) is 11.9. The molecule has 1 heterocycles. The summed E-state index contributed by atoms with van der Waals surface area (Å²) in [4.78, 5) is 11.2. The highest BCUT2D eigenvalue weighted by Crippen LogP contribution is 2.36. The molecule has 1 fully saturated rings. The highest BCUT2D eigenvalue weighted by Gasteiger charge is 2.38. The Kier molecular flexibility index (Phi) is 5.86. The Balaban J connectivity index is 2.27. The Morgan fingerprint density at radius 2 is 1.85 bits per heavy atom. The molecule has 0 aliphatic carbocycles. The second-order valence-corrected chi connectivity index (χ2v) is 8.26. The average Bonchev–Trinajstić information content (AvgIpc) is 2.53. The van der Waals surface area contributed by atoms with E-state index in [-0.39, 0.29) is 31.8 Å². The summed E-state index contributed by atoms with van der Waals surface area (Å²) in [6.45, 7) is 3.69. The molecule has 1 aromatic rings. The van der Waals surface area contributed by atoms with Crippen molar-refractivity contribution in [1.29, 1.82) is 0 Å². The molecule has 1 aromatic carbocycles. The van der Waals surface area contributed by atoms with Crippen LogP contribution < -0.4 is 4.72 Å². The number of nitrogens with one attached hydrogen (secondary N) is 1. The predicted molar refractivity (Wildman–Crippen MR) is 88.5 cm³/mol. The predicted octanol–water partition coefficient (Wildman–Crippen LogP) is 3.25. The van der Waals surface area contributed by atoms with Gasteiger partial charge in [-0.2, -0.15) is 13.2 Å². The third-order valence-electron chi connectivity index (χ3n) is 4.35. The van der Waals surface area contributed by atoms with Gasteiger partial charge in [0.15, 0.2) is 0 Å². The van der Waals surface area contributed by atoms with E-state index >= 15 is 0 Å². The molecule has 146 valence electrons. The molecule has 26 heavy (non-hydrogen) atoms. The first kappa shape index (κ1) is 20.5. The second-order valence-electron chi connectivity index (χ2n) is 6.57. The summed E-state index contributed by atoms with van der Waals surface area (Å²) in [5, 5.41) is 8.89. The third-order valence-corrected chi connectivity index (χ3v) is 5.93. The lowest BCUT2D eigenvalue weighted by atomic mass is 10.0. The van der Waals surface area contributed by atoms with Gasteiger partial charge in [0.05, 0.1) is 10.5 Å². The van der Waals surface area contributed by atoms with E-state index in [9.17, 15) is 26.4 Å². The first-order valence-corrected chi connectivity index (χ1v) is 9.61. The molecule has 6 nitrogen and oxygen atoms in total. The molecular weight excluding hydrogens is 373 g/mol. The lowest BCUT2D eigenvalue weighted by molar-refractivity contribution is -0.140. The minimum atomic E-state index is -4.80. The van der Waals surface area contributed by atoms with Crippen molar-refractivity contribution in [2.75, 3.05) is 13.1 Å². The van der Waals surface area contributed by atoms with Crippen molar-refractivity contribution >= 4 is 16.1 Å². The van der Waals surface area contributed by atoms with Crippen molar-refractivity contribution in [3.8, 4) is 0 Å². The summed E-state index contributed by atoms with van der Waals surface area (Å²) in [5.41, 5.74) is -0.801. The summed E-state index contributed by atoms with van der Waals surface area (Å²) in [6.07, 6.45) is -5.50. The minimum absolute atomic E-state index is 0.126. The zero-order valence-electron chi connectivity index (χ0n) is 14.4. The number of amides is 1. The number of hydrogen-bond donors (Lipinski definition) is 2. The van der Waals surface area contributed by atoms with E-state index in [1.807, 2.05) is 0 Å². The highest BCUT2D eigenvalue weighted by atomic mass is 32.2. The van der Waals surface area contributed by atoms with Crippen LogP contribution in [0.5, 0.6) is 0 Å². The number of likely N-dealkylation sites (tertiary alicyclic amines) is 1. The van der Waals surface area contributed by atoms with Crippen LogP contribution in [0.3, 0.4) is 0 Å². The fourth-order valence-corrected chi connectivity index (χ4v) is 4.35. The number of hydrogen-bond acceptors (Lipinski definition) is 3. The molecule has 0 unspecified atom stereocenters. The van der Waals surface area contributed by atoms with Gasteiger partial charge in [-0.15, -0.1) is 0 Å². The lowest BCUT2D eigenvalue weighted by Crippen LogP contribution is -2.46. The van der Waals surface area contributed by atoms with Gasteiger partial charge in [-0.1, -0.05) is 19.9 Å². The third kappa shape index (κ3) is 4.67. The normalized spacial score (nSPS) is 16.9. The molecule has 1 saturated heterocycles. The van der Waals surface area contributed by atoms with Gasteiger partial charge in [0, 0.05) is 19.1 Å². The number of carboxylic acid groups (broad SMARTS) is 1. The van der Waals surface area contributed by atoms with Crippen molar-refractivity contribution in [3.63, 3.8) is 0 Å². The number of piperidine rings is 1. The number of halogens is 3. The van der Waals surface area contributed by atoms with Gasteiger partial charge in [0.1, 0.15) is 0 Å². The number of alkyl halides is 3. The fraction of sp³-hybridized carbons (Fsp3) is 0.562. The quantitative estimate of drug-likeness (QED) is 0.821. The van der Waals surface area contributed by atoms with Crippen molar-refractivity contribution in [1.82, 2.24) is 9.62 Å². The largest absolute Gasteiger partial charge is 0.465 e. The minimum Gasteiger partial charge on any atom is -0.465 e. The van der Waals surface area contributed by atoms with Crippen molar-refractivity contribution in [2.45, 2.75) is 49.7 Å². The smallest absolute Gasteiger partial charge is 0.417 e. The van der Waals surface area contributed by atoms with Crippen LogP contribution in [0.4, 0.5) is 18.0 Å². The van der Waals surface area contributed by atoms with Crippen LogP contribution in [0.15, 0.2) is 23.1 Å². The van der Waals surface area contributed by atoms with E-state index < -0.39 is 38.8 Å². The van der Waals surface area contributed by atoms with Crippen LogP contribution in [-0.2, 0) is 16.2 Å². The number of nitrogens with zero attached hydrogens (tertiary/aromatic N) is 1. The van der Waals surface area contributed by atoms with Crippen LogP contribution in [-0.4, -0.2) is 43.6 Å². The van der Waals surface area contributed by atoms with Gasteiger partial charge < -0.3 is 10.0 Å². The maximum Gasteiger partial charge on any atom is 0.417 e. The van der Waals surface area contributed by atoms with Gasteiger partial charge in [-0.25, -0.2) is 17.9 Å². The SMILES string of the molecule is CC(C)c1ccc(S(=O)(=O)NC2CCN(C(=O)O)CC2)c(C(F)(F)F)c1. The van der Waals surface area contributed by atoms with Gasteiger partial charge in [-0.3, -0.25) is 0 Å². The molecule has 2 N–H and O–H groups in total. The van der Waals surface area contributed by atoms with Crippen LogP contribution in [0.2, 0.25) is 0 Å². The average molecular weight is 394 g/mol. The van der Waals surface area contributed by atoms with E-state index in [4.69, 9.17) is 5.11 Å². The number of benzene rings is 1. The Bertz CT molecular complexity index is 770. The Morgan fingerprint density at radius 1 is 1.27 bits per heavy atom. The molecular formula is C16H21F3N2O4S. The van der Waals surface area contributed by atoms with Crippen molar-refractivity contribution < 1.29 is 31.5 Å². The van der Waals surface area contributed by atoms with Gasteiger partial charge in [-0.05, 0) is 36.5 Å². The monoisotopic (exact) mass is 394 g/mol. The summed E-state index contributed by atoms with van der Waals surface area (Å²) in [6, 6.07) is 2.61. The molecule has 0 spiro atoms. The van der Waals surface area contributed by atoms with Gasteiger partial charge >= 0.3 is 12.3 Å². The second kappa shape index (κ2) is 7.43. The highest BCUT2D eigenvalue weighted by molar-refractivity contribution is 7.89. The summed E-state index contributed by atoms with van der Waals surface area (Å²) >= 11 is 0. The molecule has 0 bridgehead atoms. The maximum absolute atomic E-state index is 13.4. The van der Waals surface area contributed by atoms with E-state index in [0.717, 1.165) is 17.0 Å². The first-order valence-electron chi connectivity index (χ1n) is 8.13. The van der Waals surface area contributed by atoms with E-state index in [1.165, 1.54) is 6.07 Å². The Morgan fingerprint density at radius 3 is 2.31 bits per heavy atom. The van der Waals surface area contributed by atoms with Crippen LogP contribution in [0.25, 0.3) is 0 Å². The molecule has 1 aliphatic heterocycles. The Hall–Kier alpha value is -1.81. The zero-order chi connectivity index (χ0) is 19.7. The Labute approximate surface area is 150 Å². The molecule has 1 aliphatic rings. The van der Waals surface area contributed by atoms with E-state index in [2.05, 4.69) is 4.72 Å². The molecule has 2 rings (SSSR count). The van der Waals surface area contributed by atoms with Crippen molar-refractivity contribution in [3.05, 3.63) is 29.3 Å². The number of sulfonamides is 1. The maximum atomic E-state index is 13.4. The summed E-state index contributed by atoms with van der Waals surface area (Å²) < 4.78 is 67.5. The van der Waals surface area contributed by atoms with E-state index in [1.54, 1.807) is 13.8 Å². The molecule has 0 aromatic heterocycles. The van der Waals surface area contributed by atoms with Crippen LogP contribution >= 0.6 is 0 Å². The van der Waals surface area contributed by atoms with Crippen molar-refractivity contribution in [2.24, 2.45) is 0 Å². The summed E-state index contributed by atoms with van der Waals surface area (Å²) in [7, 11) is -4.39. The van der Waals surface area contributed by atoms with E-state index in [0.29, 0.717) is 5.56 Å². The fourth-order valence-electron chi connectivity index (χ4n) is 2.83. The van der Waals surface area contributed by atoms with Gasteiger partial charge in [0.25, 0.3) is 0 Å². The standard InChI is InChI=1S/C16H21F3N2O4S/c1-10(2)11-3-4-14(13(9-11)16(17,18)19)26(24,25)20-12-5-7-21(8-6-12)15(22)23/h3-4,9-10,12,20H,5-8H2,1-2H3,(H,22,23). The number of rotatable bonds is 4. The topological polar surface area (TPSA) is 86.7 Å². The number of carbonyl (C=O) groups is 1. The zero-order valence-corrected chi connectivity index (χ0v) is 15.2. The molecule has 0 atom stereocenters. The summed E-state index contributed by atoms with van der Waals surface area (Å²) in [5.74, 6) is -0.179. The van der Waals surface area contributed by atoms with Crippen LogP contribution in [0.1, 0.15) is 43.7 Å². The molecule has 0 radical (unpaired) electrons. The molecule has 1 amide bonds. The van der Waals surface area contributed by atoms with Gasteiger partial charge in [0.2, 0.25) is 10.0 Å². The lowest BCUT2D eigenvalue weighted by Gasteiger charge is -2.30.